The monoisotopic (exact) mass is 399 g/mol. The zero-order valence-corrected chi connectivity index (χ0v) is 15.4. The Kier molecular flexibility index (Phi) is 4.70. The first-order valence-electron chi connectivity index (χ1n) is 8.84. The predicted octanol–water partition coefficient (Wildman–Crippen LogP) is 4.37. The quantitative estimate of drug-likeness (QED) is 0.656. The van der Waals surface area contributed by atoms with Crippen molar-refractivity contribution in [2.45, 2.75) is 12.6 Å². The molecule has 1 aromatic heterocycles. The third-order valence-electron chi connectivity index (χ3n) is 4.85. The maximum absolute atomic E-state index is 13.4. The van der Waals surface area contributed by atoms with Crippen molar-refractivity contribution in [3.63, 3.8) is 0 Å². The molecular weight excluding hydrogens is 383 g/mol. The Labute approximate surface area is 164 Å². The second-order valence-electron chi connectivity index (χ2n) is 6.59. The van der Waals surface area contributed by atoms with Gasteiger partial charge < -0.3 is 9.64 Å². The van der Waals surface area contributed by atoms with E-state index in [1.54, 1.807) is 30.6 Å². The van der Waals surface area contributed by atoms with Crippen LogP contribution in [-0.2, 0) is 12.6 Å². The summed E-state index contributed by atoms with van der Waals surface area (Å²) in [4.78, 5) is 22.4. The summed E-state index contributed by atoms with van der Waals surface area (Å²) in [6, 6.07) is 9.23. The number of alkyl halides is 3. The van der Waals surface area contributed by atoms with Crippen LogP contribution in [-0.4, -0.2) is 29.5 Å². The average molecular weight is 399 g/mol. The Bertz CT molecular complexity index is 1070. The fourth-order valence-electron chi connectivity index (χ4n) is 3.45. The molecule has 0 spiro atoms. The normalized spacial score (nSPS) is 13.3. The number of carbonyl (C=O) groups is 1. The Morgan fingerprint density at radius 2 is 1.86 bits per heavy atom. The standard InChI is InChI=1S/C21H16F3N3O2/c1-29-19-8-14-5-6-27(18(14)9-17(19)21(22,23)24)20(28)15-4-2-3-13(7-15)16-10-25-12-26-11-16/h2-4,7-12H,5-6H2,1H3. The van der Waals surface area contributed by atoms with E-state index in [-0.39, 0.29) is 17.3 Å². The molecule has 1 aliphatic rings. The van der Waals surface area contributed by atoms with Gasteiger partial charge in [-0.05, 0) is 41.8 Å². The van der Waals surface area contributed by atoms with Crippen molar-refractivity contribution in [3.8, 4) is 16.9 Å². The minimum atomic E-state index is -4.58. The number of fused-ring (bicyclic) bond motifs is 1. The second-order valence-corrected chi connectivity index (χ2v) is 6.59. The molecule has 4 rings (SSSR count). The molecule has 2 aromatic carbocycles. The molecule has 0 unspecified atom stereocenters. The molecule has 3 aromatic rings. The molecule has 2 heterocycles. The molecule has 0 N–H and O–H groups in total. The van der Waals surface area contributed by atoms with Gasteiger partial charge in [-0.25, -0.2) is 9.97 Å². The van der Waals surface area contributed by atoms with E-state index in [0.29, 0.717) is 24.1 Å². The zero-order chi connectivity index (χ0) is 20.6. The van der Waals surface area contributed by atoms with Gasteiger partial charge in [0.15, 0.2) is 0 Å². The van der Waals surface area contributed by atoms with E-state index in [9.17, 15) is 18.0 Å². The first-order valence-corrected chi connectivity index (χ1v) is 8.84. The Morgan fingerprint density at radius 3 is 2.55 bits per heavy atom. The van der Waals surface area contributed by atoms with Gasteiger partial charge in [-0.15, -0.1) is 0 Å². The van der Waals surface area contributed by atoms with Gasteiger partial charge in [0, 0.05) is 35.8 Å². The molecule has 0 radical (unpaired) electrons. The highest BCUT2D eigenvalue weighted by Crippen LogP contribution is 2.42. The summed E-state index contributed by atoms with van der Waals surface area (Å²) in [5, 5.41) is 0. The highest BCUT2D eigenvalue weighted by atomic mass is 19.4. The first-order chi connectivity index (χ1) is 13.9. The topological polar surface area (TPSA) is 55.3 Å². The summed E-state index contributed by atoms with van der Waals surface area (Å²) in [6.07, 6.45) is 0.548. The number of amides is 1. The first kappa shape index (κ1) is 18.9. The number of ether oxygens (including phenoxy) is 1. The van der Waals surface area contributed by atoms with Crippen LogP contribution in [0.2, 0.25) is 0 Å². The molecule has 1 amide bonds. The molecule has 148 valence electrons. The van der Waals surface area contributed by atoms with E-state index < -0.39 is 11.7 Å². The summed E-state index contributed by atoms with van der Waals surface area (Å²) < 4.78 is 45.1. The molecule has 0 atom stereocenters. The average Bonchev–Trinajstić information content (AvgIpc) is 3.15. The minimum absolute atomic E-state index is 0.239. The van der Waals surface area contributed by atoms with Crippen LogP contribution >= 0.6 is 0 Å². The number of methoxy groups -OCH3 is 1. The number of anilines is 1. The van der Waals surface area contributed by atoms with E-state index >= 15 is 0 Å². The van der Waals surface area contributed by atoms with Crippen LogP contribution < -0.4 is 9.64 Å². The third-order valence-corrected chi connectivity index (χ3v) is 4.85. The zero-order valence-electron chi connectivity index (χ0n) is 15.4. The van der Waals surface area contributed by atoms with E-state index in [1.807, 2.05) is 6.07 Å². The number of hydrogen-bond acceptors (Lipinski definition) is 4. The van der Waals surface area contributed by atoms with Crippen LogP contribution in [0.3, 0.4) is 0 Å². The summed E-state index contributed by atoms with van der Waals surface area (Å²) in [7, 11) is 1.20. The van der Waals surface area contributed by atoms with Crippen molar-refractivity contribution in [2.24, 2.45) is 0 Å². The Morgan fingerprint density at radius 1 is 1.10 bits per heavy atom. The molecule has 0 saturated carbocycles. The maximum Gasteiger partial charge on any atom is 0.420 e. The molecule has 5 nitrogen and oxygen atoms in total. The van der Waals surface area contributed by atoms with Gasteiger partial charge in [0.1, 0.15) is 12.1 Å². The van der Waals surface area contributed by atoms with Crippen molar-refractivity contribution in [1.82, 2.24) is 9.97 Å². The lowest BCUT2D eigenvalue weighted by Crippen LogP contribution is -2.29. The van der Waals surface area contributed by atoms with Crippen LogP contribution in [0.25, 0.3) is 11.1 Å². The molecule has 1 aliphatic heterocycles. The van der Waals surface area contributed by atoms with Gasteiger partial charge in [0.2, 0.25) is 0 Å². The number of carbonyl (C=O) groups excluding carboxylic acids is 1. The van der Waals surface area contributed by atoms with Gasteiger partial charge in [-0.3, -0.25) is 4.79 Å². The van der Waals surface area contributed by atoms with Crippen LogP contribution in [0.5, 0.6) is 5.75 Å². The number of halogens is 3. The fourth-order valence-corrected chi connectivity index (χ4v) is 3.45. The third kappa shape index (κ3) is 3.53. The number of nitrogens with zero attached hydrogens (tertiary/aromatic N) is 3. The highest BCUT2D eigenvalue weighted by Gasteiger charge is 2.37. The Hall–Kier alpha value is -3.42. The SMILES string of the molecule is COc1cc2c(cc1C(F)(F)F)N(C(=O)c1cccc(-c3cncnc3)c1)CC2. The van der Waals surface area contributed by atoms with Crippen LogP contribution in [0.4, 0.5) is 18.9 Å². The summed E-state index contributed by atoms with van der Waals surface area (Å²) >= 11 is 0. The van der Waals surface area contributed by atoms with Crippen LogP contribution in [0.15, 0.2) is 55.1 Å². The van der Waals surface area contributed by atoms with Gasteiger partial charge >= 0.3 is 6.18 Å². The number of aromatic nitrogens is 2. The lowest BCUT2D eigenvalue weighted by atomic mass is 10.0. The van der Waals surface area contributed by atoms with E-state index in [4.69, 9.17) is 4.74 Å². The van der Waals surface area contributed by atoms with Gasteiger partial charge in [-0.1, -0.05) is 12.1 Å². The van der Waals surface area contributed by atoms with Crippen molar-refractivity contribution in [1.29, 1.82) is 0 Å². The van der Waals surface area contributed by atoms with Crippen LogP contribution in [0.1, 0.15) is 21.5 Å². The molecule has 0 fully saturated rings. The molecular formula is C21H16F3N3O2. The molecule has 0 saturated heterocycles. The molecule has 8 heteroatoms. The smallest absolute Gasteiger partial charge is 0.420 e. The molecule has 0 aliphatic carbocycles. The maximum atomic E-state index is 13.4. The second kappa shape index (κ2) is 7.20. The van der Waals surface area contributed by atoms with E-state index in [1.165, 1.54) is 24.4 Å². The van der Waals surface area contributed by atoms with Crippen molar-refractivity contribution in [2.75, 3.05) is 18.6 Å². The highest BCUT2D eigenvalue weighted by molar-refractivity contribution is 6.08. The number of hydrogen-bond donors (Lipinski definition) is 0. The lowest BCUT2D eigenvalue weighted by Gasteiger charge is -2.20. The van der Waals surface area contributed by atoms with Crippen molar-refractivity contribution < 1.29 is 22.7 Å². The van der Waals surface area contributed by atoms with Gasteiger partial charge in [0.05, 0.1) is 12.7 Å². The van der Waals surface area contributed by atoms with Gasteiger partial charge in [-0.2, -0.15) is 13.2 Å². The summed E-state index contributed by atoms with van der Waals surface area (Å²) in [6.45, 7) is 0.303. The fraction of sp³-hybridized carbons (Fsp3) is 0.190. The largest absolute Gasteiger partial charge is 0.496 e. The number of benzene rings is 2. The van der Waals surface area contributed by atoms with E-state index in [0.717, 1.165) is 17.2 Å². The lowest BCUT2D eigenvalue weighted by molar-refractivity contribution is -0.138. The minimum Gasteiger partial charge on any atom is -0.496 e. The Balaban J connectivity index is 1.71. The molecule has 0 bridgehead atoms. The summed E-state index contributed by atoms with van der Waals surface area (Å²) in [5.41, 5.74) is 1.89. The summed E-state index contributed by atoms with van der Waals surface area (Å²) in [5.74, 6) is -0.600. The van der Waals surface area contributed by atoms with E-state index in [2.05, 4.69) is 9.97 Å². The number of rotatable bonds is 3. The van der Waals surface area contributed by atoms with Crippen molar-refractivity contribution in [3.05, 3.63) is 71.8 Å². The van der Waals surface area contributed by atoms with Crippen molar-refractivity contribution >= 4 is 11.6 Å². The predicted molar refractivity (Wildman–Crippen MR) is 101 cm³/mol. The van der Waals surface area contributed by atoms with Crippen LogP contribution in [0, 0.1) is 0 Å². The molecule has 29 heavy (non-hydrogen) atoms. The van der Waals surface area contributed by atoms with Gasteiger partial charge in [0.25, 0.3) is 5.91 Å².